The highest BCUT2D eigenvalue weighted by Gasteiger charge is 2.25. The first-order chi connectivity index (χ1) is 14.9. The SMILES string of the molecule is CO/N=C(\C(C)=C(/ON)c1ccccc1/C(=N\OC)C(=O)OC)c1ccc(C)cc1F. The number of halogens is 1. The molecule has 0 aromatic heterocycles. The molecule has 2 N–H and O–H groups in total. The molecular weight excluding hydrogens is 405 g/mol. The summed E-state index contributed by atoms with van der Waals surface area (Å²) in [6.45, 7) is 3.41. The first kappa shape index (κ1) is 23.6. The van der Waals surface area contributed by atoms with Crippen LogP contribution in [0.1, 0.15) is 29.2 Å². The van der Waals surface area contributed by atoms with E-state index in [2.05, 4.69) is 10.3 Å². The van der Waals surface area contributed by atoms with Gasteiger partial charge in [-0.2, -0.15) is 5.90 Å². The monoisotopic (exact) mass is 429 g/mol. The van der Waals surface area contributed by atoms with Gasteiger partial charge in [0.25, 0.3) is 0 Å². The Morgan fingerprint density at radius 2 is 1.55 bits per heavy atom. The summed E-state index contributed by atoms with van der Waals surface area (Å²) in [5.41, 5.74) is 2.08. The van der Waals surface area contributed by atoms with Crippen LogP contribution in [-0.4, -0.2) is 38.7 Å². The van der Waals surface area contributed by atoms with Crippen molar-refractivity contribution in [2.75, 3.05) is 21.3 Å². The van der Waals surface area contributed by atoms with Crippen LogP contribution < -0.4 is 5.90 Å². The van der Waals surface area contributed by atoms with Crippen molar-refractivity contribution in [1.29, 1.82) is 0 Å². The van der Waals surface area contributed by atoms with Crippen LogP contribution in [0.15, 0.2) is 58.3 Å². The zero-order valence-electron chi connectivity index (χ0n) is 17.9. The Labute approximate surface area is 179 Å². The maximum atomic E-state index is 14.7. The Morgan fingerprint density at radius 1 is 0.935 bits per heavy atom. The summed E-state index contributed by atoms with van der Waals surface area (Å²) in [6, 6.07) is 11.4. The van der Waals surface area contributed by atoms with Crippen LogP contribution in [0.4, 0.5) is 4.39 Å². The first-order valence-electron chi connectivity index (χ1n) is 9.14. The lowest BCUT2D eigenvalue weighted by atomic mass is 9.95. The Balaban J connectivity index is 2.77. The maximum Gasteiger partial charge on any atom is 0.360 e. The Hall–Kier alpha value is -3.72. The number of ether oxygens (including phenoxy) is 1. The van der Waals surface area contributed by atoms with E-state index in [4.69, 9.17) is 25.1 Å². The predicted molar refractivity (Wildman–Crippen MR) is 115 cm³/mol. The van der Waals surface area contributed by atoms with Gasteiger partial charge in [-0.1, -0.05) is 40.6 Å². The largest absolute Gasteiger partial charge is 0.464 e. The van der Waals surface area contributed by atoms with Gasteiger partial charge < -0.3 is 19.2 Å². The van der Waals surface area contributed by atoms with Crippen molar-refractivity contribution in [3.05, 3.63) is 76.1 Å². The zero-order chi connectivity index (χ0) is 23.0. The van der Waals surface area contributed by atoms with Gasteiger partial charge in [0.05, 0.1) is 7.11 Å². The summed E-state index contributed by atoms with van der Waals surface area (Å²) in [4.78, 5) is 27.2. The molecule has 9 heteroatoms. The highest BCUT2D eigenvalue weighted by atomic mass is 19.1. The van der Waals surface area contributed by atoms with Gasteiger partial charge >= 0.3 is 5.97 Å². The minimum absolute atomic E-state index is 0.102. The molecule has 0 saturated carbocycles. The van der Waals surface area contributed by atoms with E-state index in [1.807, 2.05) is 0 Å². The number of esters is 1. The molecule has 31 heavy (non-hydrogen) atoms. The van der Waals surface area contributed by atoms with Crippen LogP contribution in [0.25, 0.3) is 5.76 Å². The van der Waals surface area contributed by atoms with E-state index in [9.17, 15) is 9.18 Å². The lowest BCUT2D eigenvalue weighted by molar-refractivity contribution is -0.132. The molecule has 0 radical (unpaired) electrons. The minimum Gasteiger partial charge on any atom is -0.464 e. The van der Waals surface area contributed by atoms with E-state index < -0.39 is 11.8 Å². The molecule has 2 aromatic rings. The summed E-state index contributed by atoms with van der Waals surface area (Å²) in [5, 5.41) is 7.75. The molecule has 0 atom stereocenters. The molecule has 0 unspecified atom stereocenters. The fourth-order valence-electron chi connectivity index (χ4n) is 2.96. The molecule has 0 fully saturated rings. The Kier molecular flexibility index (Phi) is 8.27. The molecule has 0 saturated heterocycles. The molecule has 0 bridgehead atoms. The second-order valence-electron chi connectivity index (χ2n) is 6.34. The number of rotatable bonds is 8. The number of oxime groups is 2. The van der Waals surface area contributed by atoms with Crippen LogP contribution in [0.2, 0.25) is 0 Å². The summed E-state index contributed by atoms with van der Waals surface area (Å²) in [5.74, 6) is 4.51. The molecule has 0 spiro atoms. The predicted octanol–water partition coefficient (Wildman–Crippen LogP) is 3.33. The highest BCUT2D eigenvalue weighted by Crippen LogP contribution is 2.27. The van der Waals surface area contributed by atoms with Crippen molar-refractivity contribution in [2.45, 2.75) is 13.8 Å². The van der Waals surface area contributed by atoms with Crippen LogP contribution in [0.3, 0.4) is 0 Å². The zero-order valence-corrected chi connectivity index (χ0v) is 17.9. The number of hydrogen-bond donors (Lipinski definition) is 1. The van der Waals surface area contributed by atoms with E-state index in [1.165, 1.54) is 27.4 Å². The molecule has 0 amide bonds. The molecule has 2 rings (SSSR count). The average molecular weight is 429 g/mol. The van der Waals surface area contributed by atoms with Gasteiger partial charge in [0.1, 0.15) is 25.7 Å². The Morgan fingerprint density at radius 3 is 2.10 bits per heavy atom. The highest BCUT2D eigenvalue weighted by molar-refractivity contribution is 6.43. The molecular formula is C22H24FN3O5. The van der Waals surface area contributed by atoms with Gasteiger partial charge in [-0.15, -0.1) is 0 Å². The molecule has 0 aliphatic carbocycles. The fourth-order valence-corrected chi connectivity index (χ4v) is 2.96. The van der Waals surface area contributed by atoms with Crippen molar-refractivity contribution in [2.24, 2.45) is 16.2 Å². The van der Waals surface area contributed by atoms with Crippen molar-refractivity contribution in [3.63, 3.8) is 0 Å². The van der Waals surface area contributed by atoms with Crippen LogP contribution >= 0.6 is 0 Å². The normalized spacial score (nSPS) is 12.7. The van der Waals surface area contributed by atoms with Crippen LogP contribution in [0.5, 0.6) is 0 Å². The molecule has 0 aliphatic heterocycles. The van der Waals surface area contributed by atoms with Gasteiger partial charge in [0, 0.05) is 22.3 Å². The lowest BCUT2D eigenvalue weighted by Gasteiger charge is -2.16. The van der Waals surface area contributed by atoms with E-state index in [0.29, 0.717) is 16.7 Å². The fraction of sp³-hybridized carbons (Fsp3) is 0.227. The topological polar surface area (TPSA) is 105 Å². The summed E-state index contributed by atoms with van der Waals surface area (Å²) >= 11 is 0. The van der Waals surface area contributed by atoms with E-state index >= 15 is 0 Å². The number of nitrogens with two attached hydrogens (primary N) is 1. The average Bonchev–Trinajstić information content (AvgIpc) is 2.76. The first-order valence-corrected chi connectivity index (χ1v) is 9.14. The standard InChI is InChI=1S/C22H24FN3O5/c1-13-10-11-17(18(23)12-13)19(25-29-4)14(2)21(31-24)16-9-7-6-8-15(16)20(26-30-5)22(27)28-3/h6-12H,24H2,1-5H3/b21-14-,25-19+,26-20+. The van der Waals surface area contributed by atoms with Crippen molar-refractivity contribution < 1.29 is 28.4 Å². The number of hydrogen-bond acceptors (Lipinski definition) is 8. The number of methoxy groups -OCH3 is 1. The second-order valence-corrected chi connectivity index (χ2v) is 6.34. The third-order valence-corrected chi connectivity index (χ3v) is 4.36. The van der Waals surface area contributed by atoms with Crippen LogP contribution in [-0.2, 0) is 24.0 Å². The molecule has 2 aromatic carbocycles. The van der Waals surface area contributed by atoms with Crippen LogP contribution in [0, 0.1) is 12.7 Å². The second kappa shape index (κ2) is 10.9. The number of carbonyl (C=O) groups excluding carboxylic acids is 1. The van der Waals surface area contributed by atoms with E-state index in [-0.39, 0.29) is 22.7 Å². The number of aryl methyl sites for hydroxylation is 1. The van der Waals surface area contributed by atoms with Gasteiger partial charge in [-0.3, -0.25) is 0 Å². The minimum atomic E-state index is -0.723. The number of allylic oxidation sites excluding steroid dienone is 1. The number of carbonyl (C=O) groups is 1. The summed E-state index contributed by atoms with van der Waals surface area (Å²) in [7, 11) is 3.87. The maximum absolute atomic E-state index is 14.7. The quantitative estimate of drug-likeness (QED) is 0.299. The van der Waals surface area contributed by atoms with Gasteiger partial charge in [0.2, 0.25) is 0 Å². The van der Waals surface area contributed by atoms with Crippen molar-refractivity contribution >= 4 is 23.2 Å². The molecule has 164 valence electrons. The van der Waals surface area contributed by atoms with E-state index in [1.54, 1.807) is 50.2 Å². The number of benzene rings is 2. The van der Waals surface area contributed by atoms with Crippen molar-refractivity contribution in [3.8, 4) is 0 Å². The molecule has 0 aliphatic rings. The third kappa shape index (κ3) is 5.26. The third-order valence-electron chi connectivity index (χ3n) is 4.36. The lowest BCUT2D eigenvalue weighted by Crippen LogP contribution is -2.20. The summed E-state index contributed by atoms with van der Waals surface area (Å²) < 4.78 is 19.5. The van der Waals surface area contributed by atoms with Crippen molar-refractivity contribution in [1.82, 2.24) is 0 Å². The molecule has 8 nitrogen and oxygen atoms in total. The van der Waals surface area contributed by atoms with Gasteiger partial charge in [0.15, 0.2) is 11.5 Å². The van der Waals surface area contributed by atoms with Gasteiger partial charge in [-0.05, 0) is 31.5 Å². The molecule has 0 heterocycles. The Bertz CT molecular complexity index is 1050. The smallest absolute Gasteiger partial charge is 0.360 e. The summed E-state index contributed by atoms with van der Waals surface area (Å²) in [6.07, 6.45) is 0. The number of nitrogens with zero attached hydrogens (tertiary/aromatic N) is 2. The van der Waals surface area contributed by atoms with Gasteiger partial charge in [-0.25, -0.2) is 9.18 Å². The van der Waals surface area contributed by atoms with E-state index in [0.717, 1.165) is 5.56 Å².